The van der Waals surface area contributed by atoms with Crippen LogP contribution in [0.25, 0.3) is 0 Å². The lowest BCUT2D eigenvalue weighted by atomic mass is 9.87. The highest BCUT2D eigenvalue weighted by Gasteiger charge is 2.48. The van der Waals surface area contributed by atoms with Gasteiger partial charge in [-0.3, -0.25) is 9.59 Å². The summed E-state index contributed by atoms with van der Waals surface area (Å²) in [7, 11) is 3.25. The van der Waals surface area contributed by atoms with Crippen LogP contribution in [0, 0.1) is 0 Å². The molecule has 1 amide bonds. The molecule has 0 bridgehead atoms. The summed E-state index contributed by atoms with van der Waals surface area (Å²) < 4.78 is 7.32. The lowest BCUT2D eigenvalue weighted by Crippen LogP contribution is -2.51. The van der Waals surface area contributed by atoms with E-state index in [1.807, 2.05) is 0 Å². The standard InChI is InChI=1S/C15H20N2O3/c1-5-15-7-9(2)10-6-11(18)13(20-4)12(17(10)15)14(19)16(3)8-15/h6,9H,5,7-8H2,1-4H3. The normalized spacial score (nSPS) is 27.7. The first-order valence-electron chi connectivity index (χ1n) is 7.05. The second kappa shape index (κ2) is 4.11. The molecule has 2 unspecified atom stereocenters. The number of likely N-dealkylation sites (N-methyl/N-ethyl adjacent to an activating group) is 1. The van der Waals surface area contributed by atoms with Crippen LogP contribution in [0.5, 0.6) is 5.75 Å². The molecule has 5 heteroatoms. The van der Waals surface area contributed by atoms with Crippen molar-refractivity contribution in [2.45, 2.75) is 38.1 Å². The minimum Gasteiger partial charge on any atom is -0.491 e. The number of nitrogens with zero attached hydrogens (tertiary/aromatic N) is 2. The van der Waals surface area contributed by atoms with Gasteiger partial charge in [0.2, 0.25) is 5.43 Å². The molecule has 0 fully saturated rings. The predicted molar refractivity (Wildman–Crippen MR) is 75.5 cm³/mol. The van der Waals surface area contributed by atoms with Crippen LogP contribution >= 0.6 is 0 Å². The lowest BCUT2D eigenvalue weighted by Gasteiger charge is -2.41. The Morgan fingerprint density at radius 2 is 2.15 bits per heavy atom. The van der Waals surface area contributed by atoms with Crippen molar-refractivity contribution in [3.8, 4) is 5.75 Å². The maximum atomic E-state index is 12.5. The average Bonchev–Trinajstić information content (AvgIpc) is 2.69. The van der Waals surface area contributed by atoms with Gasteiger partial charge < -0.3 is 14.2 Å². The van der Waals surface area contributed by atoms with Gasteiger partial charge in [-0.2, -0.15) is 0 Å². The molecule has 0 saturated carbocycles. The number of methoxy groups -OCH3 is 1. The fourth-order valence-corrected chi connectivity index (χ4v) is 3.88. The Morgan fingerprint density at radius 3 is 2.75 bits per heavy atom. The third kappa shape index (κ3) is 1.43. The molecule has 0 saturated heterocycles. The van der Waals surface area contributed by atoms with E-state index in [0.29, 0.717) is 12.2 Å². The van der Waals surface area contributed by atoms with Crippen LogP contribution in [0.15, 0.2) is 10.9 Å². The molecule has 108 valence electrons. The summed E-state index contributed by atoms with van der Waals surface area (Å²) in [5.74, 6) is 0.336. The Morgan fingerprint density at radius 1 is 1.45 bits per heavy atom. The highest BCUT2D eigenvalue weighted by molar-refractivity contribution is 5.96. The molecule has 2 aliphatic heterocycles. The summed E-state index contributed by atoms with van der Waals surface area (Å²) in [6, 6.07) is 1.64. The van der Waals surface area contributed by atoms with Gasteiger partial charge in [0, 0.05) is 25.4 Å². The maximum Gasteiger partial charge on any atom is 0.274 e. The van der Waals surface area contributed by atoms with Crippen LogP contribution in [0.1, 0.15) is 48.8 Å². The first-order valence-corrected chi connectivity index (χ1v) is 7.05. The second-order valence-electron chi connectivity index (χ2n) is 6.00. The van der Waals surface area contributed by atoms with E-state index in [4.69, 9.17) is 4.74 Å². The fraction of sp³-hybridized carbons (Fsp3) is 0.600. The molecule has 0 aliphatic carbocycles. The zero-order chi connectivity index (χ0) is 14.7. The number of rotatable bonds is 2. The molecule has 5 nitrogen and oxygen atoms in total. The number of hydrogen-bond acceptors (Lipinski definition) is 3. The van der Waals surface area contributed by atoms with Gasteiger partial charge in [-0.15, -0.1) is 0 Å². The van der Waals surface area contributed by atoms with Gasteiger partial charge in [0.1, 0.15) is 0 Å². The zero-order valence-corrected chi connectivity index (χ0v) is 12.4. The summed E-state index contributed by atoms with van der Waals surface area (Å²) in [5, 5.41) is 0. The number of ether oxygens (including phenoxy) is 1. The van der Waals surface area contributed by atoms with Gasteiger partial charge in [0.25, 0.3) is 5.91 Å². The first-order chi connectivity index (χ1) is 9.45. The van der Waals surface area contributed by atoms with Crippen molar-refractivity contribution in [3.05, 3.63) is 27.7 Å². The second-order valence-corrected chi connectivity index (χ2v) is 6.00. The predicted octanol–water partition coefficient (Wildman–Crippen LogP) is 1.55. The molecule has 0 N–H and O–H groups in total. The smallest absolute Gasteiger partial charge is 0.274 e. The molecular weight excluding hydrogens is 256 g/mol. The summed E-state index contributed by atoms with van der Waals surface area (Å²) >= 11 is 0. The van der Waals surface area contributed by atoms with Gasteiger partial charge in [-0.25, -0.2) is 0 Å². The van der Waals surface area contributed by atoms with Crippen molar-refractivity contribution in [2.75, 3.05) is 20.7 Å². The summed E-state index contributed by atoms with van der Waals surface area (Å²) in [4.78, 5) is 26.4. The number of carbonyl (C=O) groups excluding carboxylic acids is 1. The van der Waals surface area contributed by atoms with Gasteiger partial charge in [-0.05, 0) is 18.8 Å². The van der Waals surface area contributed by atoms with Crippen LogP contribution in [-0.2, 0) is 5.54 Å². The van der Waals surface area contributed by atoms with E-state index in [-0.39, 0.29) is 28.5 Å². The molecule has 2 atom stereocenters. The highest BCUT2D eigenvalue weighted by Crippen LogP contribution is 2.46. The van der Waals surface area contributed by atoms with Crippen molar-refractivity contribution in [1.82, 2.24) is 9.47 Å². The van der Waals surface area contributed by atoms with E-state index < -0.39 is 0 Å². The molecule has 1 aromatic rings. The molecule has 1 aromatic heterocycles. The zero-order valence-electron chi connectivity index (χ0n) is 12.4. The topological polar surface area (TPSA) is 51.5 Å². The van der Waals surface area contributed by atoms with E-state index in [9.17, 15) is 9.59 Å². The largest absolute Gasteiger partial charge is 0.491 e. The molecular formula is C15H20N2O3. The Balaban J connectivity index is 2.42. The van der Waals surface area contributed by atoms with Crippen LogP contribution in [-0.4, -0.2) is 36.1 Å². The molecule has 2 aliphatic rings. The Hall–Kier alpha value is -1.78. The van der Waals surface area contributed by atoms with Crippen molar-refractivity contribution < 1.29 is 9.53 Å². The van der Waals surface area contributed by atoms with Crippen LogP contribution in [0.4, 0.5) is 0 Å². The van der Waals surface area contributed by atoms with Crippen molar-refractivity contribution >= 4 is 5.91 Å². The Labute approximate surface area is 118 Å². The molecule has 0 spiro atoms. The van der Waals surface area contributed by atoms with Crippen LogP contribution < -0.4 is 10.2 Å². The lowest BCUT2D eigenvalue weighted by molar-refractivity contribution is 0.0604. The van der Waals surface area contributed by atoms with Crippen molar-refractivity contribution in [1.29, 1.82) is 0 Å². The number of hydrogen-bond donors (Lipinski definition) is 0. The van der Waals surface area contributed by atoms with Gasteiger partial charge >= 0.3 is 0 Å². The number of amides is 1. The van der Waals surface area contributed by atoms with Gasteiger partial charge in [0.05, 0.1) is 12.6 Å². The third-order valence-corrected chi connectivity index (χ3v) is 4.81. The molecule has 0 aromatic carbocycles. The van der Waals surface area contributed by atoms with Crippen molar-refractivity contribution in [3.63, 3.8) is 0 Å². The third-order valence-electron chi connectivity index (χ3n) is 4.81. The van der Waals surface area contributed by atoms with E-state index in [1.54, 1.807) is 18.0 Å². The average molecular weight is 276 g/mol. The summed E-state index contributed by atoms with van der Waals surface area (Å²) in [6.45, 7) is 4.95. The van der Waals surface area contributed by atoms with Crippen LogP contribution in [0.2, 0.25) is 0 Å². The van der Waals surface area contributed by atoms with Crippen LogP contribution in [0.3, 0.4) is 0 Å². The molecule has 3 rings (SSSR count). The van der Waals surface area contributed by atoms with E-state index in [0.717, 1.165) is 18.5 Å². The monoisotopic (exact) mass is 276 g/mol. The highest BCUT2D eigenvalue weighted by atomic mass is 16.5. The van der Waals surface area contributed by atoms with E-state index in [2.05, 4.69) is 18.4 Å². The number of pyridine rings is 1. The minimum atomic E-state index is -0.198. The van der Waals surface area contributed by atoms with Gasteiger partial charge in [-0.1, -0.05) is 13.8 Å². The number of carbonyl (C=O) groups is 1. The quantitative estimate of drug-likeness (QED) is 0.823. The minimum absolute atomic E-state index is 0.103. The molecule has 0 radical (unpaired) electrons. The molecule has 3 heterocycles. The molecule has 20 heavy (non-hydrogen) atoms. The van der Waals surface area contributed by atoms with E-state index >= 15 is 0 Å². The van der Waals surface area contributed by atoms with Gasteiger partial charge in [0.15, 0.2) is 11.4 Å². The number of aromatic nitrogens is 1. The SMILES string of the molecule is CCC12CC(C)c3cc(=O)c(OC)c(n31)C(=O)N(C)C2. The Kier molecular flexibility index (Phi) is 2.71. The first kappa shape index (κ1) is 13.2. The Bertz CT molecular complexity index is 649. The summed E-state index contributed by atoms with van der Waals surface area (Å²) in [6.07, 6.45) is 1.89. The van der Waals surface area contributed by atoms with Crippen molar-refractivity contribution in [2.24, 2.45) is 0 Å². The maximum absolute atomic E-state index is 12.5. The van der Waals surface area contributed by atoms with E-state index in [1.165, 1.54) is 7.11 Å². The summed E-state index contributed by atoms with van der Waals surface area (Å²) in [5.41, 5.74) is 1.09. The fourth-order valence-electron chi connectivity index (χ4n) is 3.88.